The van der Waals surface area contributed by atoms with Crippen molar-refractivity contribution in [2.24, 2.45) is 67.8 Å². The largest absolute Gasteiger partial charge is 0.481 e. The van der Waals surface area contributed by atoms with E-state index in [9.17, 15) is 9.90 Å². The van der Waals surface area contributed by atoms with Gasteiger partial charge in [-0.25, -0.2) is 9.67 Å². The number of nitrogens with two attached hydrogens (primary N) is 1. The summed E-state index contributed by atoms with van der Waals surface area (Å²) in [4.78, 5) is 18.0. The van der Waals surface area contributed by atoms with Gasteiger partial charge in [0.25, 0.3) is 0 Å². The molecule has 12 atom stereocenters. The lowest BCUT2D eigenvalue weighted by atomic mass is 9.34. The Morgan fingerprint density at radius 1 is 1.12 bits per heavy atom. The molecule has 3 saturated carbocycles. The van der Waals surface area contributed by atoms with Crippen molar-refractivity contribution >= 4 is 21.9 Å². The second-order valence-electron chi connectivity index (χ2n) is 19.5. The predicted molar refractivity (Wildman–Crippen MR) is 192 cm³/mol. The minimum atomic E-state index is -0.619. The van der Waals surface area contributed by atoms with E-state index >= 15 is 0 Å². The first-order valence-corrected chi connectivity index (χ1v) is 19.4. The number of ether oxygens (including phenoxy) is 2. The molecule has 8 nitrogen and oxygen atoms in total. The fraction of sp³-hybridized carbons (Fsp3) is 0.872. The maximum absolute atomic E-state index is 13.5. The molecule has 0 radical (unpaired) electrons. The number of carboxylic acids is 1. The topological polar surface area (TPSA) is 112 Å². The molecule has 3 N–H and O–H groups in total. The molecule has 1 aliphatic heterocycles. The molecule has 1 aromatic rings. The number of rotatable bonds is 7. The van der Waals surface area contributed by atoms with Crippen molar-refractivity contribution in [3.8, 4) is 0 Å². The van der Waals surface area contributed by atoms with Crippen LogP contribution in [-0.2, 0) is 14.3 Å². The summed E-state index contributed by atoms with van der Waals surface area (Å²) in [6.07, 6.45) is 9.75. The van der Waals surface area contributed by atoms with E-state index in [2.05, 4.69) is 103 Å². The standard InChI is InChI=1S/C39H63BrN4O4/c1-23(2)24(3)34(7)16-17-36(9)25-12-13-28-35(8)19-47-21-39(28,26(25)14-15-37(36,10)29(34)31(45)46)18-27(44-32(40)42-22-43-44)30(35)48-20-38(11,41)33(4,5)6/h14,22-25,27-30H,12-13,15-21,41H2,1-11H3,(H,45,46)/t24-,25+,27-,28+,29-,30+,34-,35+,36-,37+,38+,39+/m1/s1. The van der Waals surface area contributed by atoms with Crippen LogP contribution in [0, 0.1) is 62.1 Å². The molecule has 0 spiro atoms. The molecule has 48 heavy (non-hydrogen) atoms. The van der Waals surface area contributed by atoms with Gasteiger partial charge in [-0.1, -0.05) is 80.9 Å². The average molecular weight is 732 g/mol. The maximum atomic E-state index is 13.5. The number of nitrogens with zero attached hydrogens (tertiary/aromatic N) is 3. The number of aromatic nitrogens is 3. The summed E-state index contributed by atoms with van der Waals surface area (Å²) in [6, 6.07) is -0.0585. The van der Waals surface area contributed by atoms with E-state index in [0.29, 0.717) is 48.2 Å². The van der Waals surface area contributed by atoms with Crippen molar-refractivity contribution < 1.29 is 19.4 Å². The molecular formula is C39H63BrN4O4. The molecule has 0 aromatic carbocycles. The number of allylic oxidation sites excluding steroid dienone is 1. The molecule has 4 fully saturated rings. The zero-order chi connectivity index (χ0) is 35.5. The highest BCUT2D eigenvalue weighted by Gasteiger charge is 2.72. The zero-order valence-corrected chi connectivity index (χ0v) is 33.1. The summed E-state index contributed by atoms with van der Waals surface area (Å²) < 4.78 is 16.5. The fourth-order valence-electron chi connectivity index (χ4n) is 12.1. The van der Waals surface area contributed by atoms with E-state index in [0.717, 1.165) is 38.5 Å². The van der Waals surface area contributed by atoms with Crippen LogP contribution in [0.15, 0.2) is 22.7 Å². The van der Waals surface area contributed by atoms with E-state index in [1.165, 1.54) is 5.57 Å². The normalized spacial score (nSPS) is 44.5. The van der Waals surface area contributed by atoms with E-state index in [-0.39, 0.29) is 44.6 Å². The molecule has 0 amide bonds. The van der Waals surface area contributed by atoms with E-state index < -0.39 is 17.4 Å². The first-order chi connectivity index (χ1) is 22.1. The van der Waals surface area contributed by atoms with Crippen LogP contribution in [0.3, 0.4) is 0 Å². The number of hydrogen-bond acceptors (Lipinski definition) is 6. The number of carbonyl (C=O) groups is 1. The smallest absolute Gasteiger partial charge is 0.307 e. The second-order valence-corrected chi connectivity index (χ2v) is 20.2. The SMILES string of the molecule is CC(C)[C@@H](C)[C@@]1(C)CC[C@]2(C)[C@H]3CC[C@@H]4[C@@]5(COC[C@]4(C)[C@@H](OC[C@](C)(N)C(C)(C)C)[C@H](n4ncnc4Br)C5)C3=CC[C@@]2(C)[C@@H]1C(=O)O. The summed E-state index contributed by atoms with van der Waals surface area (Å²) in [5.74, 6) is 0.408. The number of aliphatic carboxylic acids is 1. The minimum absolute atomic E-state index is 0.0585. The Hall–Kier alpha value is -1.29. The number of hydrogen-bond donors (Lipinski definition) is 2. The van der Waals surface area contributed by atoms with Crippen molar-refractivity contribution in [2.75, 3.05) is 19.8 Å². The lowest BCUT2D eigenvalue weighted by Crippen LogP contribution is -2.69. The van der Waals surface area contributed by atoms with Crippen molar-refractivity contribution in [1.29, 1.82) is 0 Å². The van der Waals surface area contributed by atoms with Crippen LogP contribution in [0.25, 0.3) is 0 Å². The van der Waals surface area contributed by atoms with Gasteiger partial charge in [-0.2, -0.15) is 5.10 Å². The van der Waals surface area contributed by atoms with Crippen LogP contribution >= 0.6 is 15.9 Å². The highest BCUT2D eigenvalue weighted by atomic mass is 79.9. The van der Waals surface area contributed by atoms with Gasteiger partial charge < -0.3 is 20.3 Å². The van der Waals surface area contributed by atoms with Gasteiger partial charge in [0.1, 0.15) is 6.33 Å². The molecule has 2 heterocycles. The summed E-state index contributed by atoms with van der Waals surface area (Å²) in [5, 5.41) is 15.8. The first kappa shape index (κ1) is 36.5. The minimum Gasteiger partial charge on any atom is -0.481 e. The van der Waals surface area contributed by atoms with Crippen LogP contribution in [0.4, 0.5) is 0 Å². The molecule has 5 aliphatic rings. The van der Waals surface area contributed by atoms with Crippen LogP contribution in [-0.4, -0.2) is 57.3 Å². The van der Waals surface area contributed by atoms with E-state index in [4.69, 9.17) is 20.3 Å². The van der Waals surface area contributed by atoms with E-state index in [1.807, 2.05) is 4.68 Å². The van der Waals surface area contributed by atoms with Gasteiger partial charge in [0, 0.05) is 16.4 Å². The Labute approximate surface area is 297 Å². The second kappa shape index (κ2) is 11.6. The van der Waals surface area contributed by atoms with Gasteiger partial charge in [-0.3, -0.25) is 4.79 Å². The summed E-state index contributed by atoms with van der Waals surface area (Å²) in [6.45, 7) is 26.6. The van der Waals surface area contributed by atoms with Crippen LogP contribution in [0.1, 0.15) is 121 Å². The molecule has 1 aromatic heterocycles. The van der Waals surface area contributed by atoms with Gasteiger partial charge in [0.15, 0.2) is 4.73 Å². The van der Waals surface area contributed by atoms with Crippen molar-refractivity contribution in [3.05, 3.63) is 22.7 Å². The lowest BCUT2D eigenvalue weighted by Gasteiger charge is -2.71. The van der Waals surface area contributed by atoms with E-state index in [1.54, 1.807) is 6.33 Å². The summed E-state index contributed by atoms with van der Waals surface area (Å²) in [7, 11) is 0. The van der Waals surface area contributed by atoms with Crippen LogP contribution in [0.5, 0.6) is 0 Å². The Balaban J connectivity index is 1.45. The Morgan fingerprint density at radius 3 is 2.40 bits per heavy atom. The molecule has 6 rings (SSSR count). The van der Waals surface area contributed by atoms with Crippen LogP contribution < -0.4 is 5.73 Å². The highest BCUT2D eigenvalue weighted by Crippen LogP contribution is 2.75. The first-order valence-electron chi connectivity index (χ1n) is 18.6. The highest BCUT2D eigenvalue weighted by molar-refractivity contribution is 9.10. The molecule has 9 heteroatoms. The zero-order valence-electron chi connectivity index (χ0n) is 31.5. The quantitative estimate of drug-likeness (QED) is 0.271. The molecule has 1 saturated heterocycles. The van der Waals surface area contributed by atoms with Gasteiger partial charge in [0.05, 0.1) is 37.9 Å². The maximum Gasteiger partial charge on any atom is 0.307 e. The monoisotopic (exact) mass is 730 g/mol. The summed E-state index contributed by atoms with van der Waals surface area (Å²) in [5.41, 5.74) is 6.59. The Kier molecular flexibility index (Phi) is 8.83. The molecular weight excluding hydrogens is 668 g/mol. The number of carboxylic acid groups (broad SMARTS) is 1. The third-order valence-corrected chi connectivity index (χ3v) is 16.8. The molecule has 4 aliphatic carbocycles. The van der Waals surface area contributed by atoms with Gasteiger partial charge in [-0.15, -0.1) is 0 Å². The molecule has 270 valence electrons. The number of fused-ring (bicyclic) bond motifs is 3. The summed E-state index contributed by atoms with van der Waals surface area (Å²) >= 11 is 3.72. The molecule has 0 unspecified atom stereocenters. The Morgan fingerprint density at radius 2 is 1.81 bits per heavy atom. The van der Waals surface area contributed by atoms with Crippen molar-refractivity contribution in [3.63, 3.8) is 0 Å². The van der Waals surface area contributed by atoms with Gasteiger partial charge in [-0.05, 0) is 107 Å². The molecule has 2 bridgehead atoms. The van der Waals surface area contributed by atoms with Gasteiger partial charge >= 0.3 is 5.97 Å². The average Bonchev–Trinajstić information content (AvgIpc) is 3.41. The fourth-order valence-corrected chi connectivity index (χ4v) is 12.5. The third-order valence-electron chi connectivity index (χ3n) is 16.2. The third kappa shape index (κ3) is 4.92. The Bertz CT molecular complexity index is 1450. The lowest BCUT2D eigenvalue weighted by molar-refractivity contribution is -0.253. The van der Waals surface area contributed by atoms with Gasteiger partial charge in [0.2, 0.25) is 0 Å². The predicted octanol–water partition coefficient (Wildman–Crippen LogP) is 8.32. The van der Waals surface area contributed by atoms with Crippen LogP contribution in [0.2, 0.25) is 0 Å². The number of halogens is 1. The van der Waals surface area contributed by atoms with Crippen molar-refractivity contribution in [2.45, 2.75) is 132 Å². The van der Waals surface area contributed by atoms with Crippen molar-refractivity contribution in [1.82, 2.24) is 14.8 Å².